The average molecular weight is 429 g/mol. The Bertz CT molecular complexity index is 1450. The van der Waals surface area contributed by atoms with E-state index in [2.05, 4.69) is 15.4 Å². The average Bonchev–Trinajstić information content (AvgIpc) is 3.43. The molecule has 0 fully saturated rings. The number of nitrogens with zero attached hydrogens (tertiary/aromatic N) is 3. The van der Waals surface area contributed by atoms with Crippen molar-refractivity contribution in [3.8, 4) is 28.5 Å². The first-order valence-corrected chi connectivity index (χ1v) is 10.2. The maximum Gasteiger partial charge on any atom is 0.336 e. The van der Waals surface area contributed by atoms with Crippen molar-refractivity contribution >= 4 is 11.0 Å². The highest BCUT2D eigenvalue weighted by Gasteiger charge is 2.22. The summed E-state index contributed by atoms with van der Waals surface area (Å²) in [7, 11) is 0. The Kier molecular flexibility index (Phi) is 5.03. The molecule has 160 valence electrons. The lowest BCUT2D eigenvalue weighted by atomic mass is 10.1. The molecular weight excluding hydrogens is 410 g/mol. The van der Waals surface area contributed by atoms with E-state index < -0.39 is 0 Å². The maximum atomic E-state index is 11.8. The molecule has 0 spiro atoms. The number of hydrogen-bond donors (Lipinski definition) is 0. The van der Waals surface area contributed by atoms with Gasteiger partial charge in [-0.05, 0) is 31.0 Å². The molecule has 5 aromatic rings. The van der Waals surface area contributed by atoms with Crippen molar-refractivity contribution in [1.82, 2.24) is 15.4 Å². The van der Waals surface area contributed by atoms with E-state index in [-0.39, 0.29) is 12.2 Å². The highest BCUT2D eigenvalue weighted by Crippen LogP contribution is 2.33. The number of aryl methyl sites for hydroxylation is 2. The minimum Gasteiger partial charge on any atom is -0.484 e. The number of ether oxygens (including phenoxy) is 1. The van der Waals surface area contributed by atoms with E-state index in [1.807, 2.05) is 49.4 Å². The van der Waals surface area contributed by atoms with Crippen molar-refractivity contribution in [2.45, 2.75) is 26.9 Å². The predicted octanol–water partition coefficient (Wildman–Crippen LogP) is 4.95. The largest absolute Gasteiger partial charge is 0.484 e. The van der Waals surface area contributed by atoms with E-state index in [4.69, 9.17) is 18.1 Å². The van der Waals surface area contributed by atoms with Gasteiger partial charge in [0.1, 0.15) is 28.4 Å². The fraction of sp³-hybridized carbons (Fsp3) is 0.167. The summed E-state index contributed by atoms with van der Waals surface area (Å²) in [6.45, 7) is 3.84. The number of aromatic nitrogens is 3. The Morgan fingerprint density at radius 1 is 1.00 bits per heavy atom. The summed E-state index contributed by atoms with van der Waals surface area (Å²) in [4.78, 5) is 11.8. The molecule has 8 nitrogen and oxygen atoms in total. The van der Waals surface area contributed by atoms with Gasteiger partial charge in [-0.2, -0.15) is 0 Å². The van der Waals surface area contributed by atoms with Gasteiger partial charge in [-0.15, -0.1) is 10.2 Å². The lowest BCUT2D eigenvalue weighted by Crippen LogP contribution is -2.00. The smallest absolute Gasteiger partial charge is 0.336 e. The molecule has 3 heterocycles. The van der Waals surface area contributed by atoms with Gasteiger partial charge < -0.3 is 18.1 Å². The van der Waals surface area contributed by atoms with Crippen LogP contribution in [0.4, 0.5) is 0 Å². The molecule has 0 aliphatic carbocycles. The van der Waals surface area contributed by atoms with E-state index in [0.29, 0.717) is 40.1 Å². The van der Waals surface area contributed by atoms with Gasteiger partial charge in [-0.25, -0.2) is 4.79 Å². The van der Waals surface area contributed by atoms with E-state index in [0.717, 1.165) is 22.9 Å². The summed E-state index contributed by atoms with van der Waals surface area (Å²) in [5.41, 5.74) is 3.20. The molecule has 0 N–H and O–H groups in total. The molecule has 0 aliphatic rings. The van der Waals surface area contributed by atoms with E-state index in [1.165, 1.54) is 6.07 Å². The van der Waals surface area contributed by atoms with Crippen LogP contribution in [0.5, 0.6) is 5.75 Å². The number of fused-ring (bicyclic) bond motifs is 1. The van der Waals surface area contributed by atoms with Crippen LogP contribution in [0, 0.1) is 6.92 Å². The SMILES string of the molecule is CCc1cc(=O)oc2cc(OCc3nnc(-c4c(-c5ccccc5)noc4C)o3)ccc12. The quantitative estimate of drug-likeness (QED) is 0.349. The topological polar surface area (TPSA) is 104 Å². The van der Waals surface area contributed by atoms with Gasteiger partial charge in [-0.1, -0.05) is 42.4 Å². The standard InChI is InChI=1S/C24H19N3O5/c1-3-15-11-21(28)30-19-12-17(9-10-18(15)19)29-13-20-25-26-24(31-20)22-14(2)32-27-23(22)16-7-5-4-6-8-16/h4-12H,3,13H2,1-2H3. The van der Waals surface area contributed by atoms with Gasteiger partial charge in [0, 0.05) is 23.1 Å². The van der Waals surface area contributed by atoms with Crippen LogP contribution in [0.15, 0.2) is 72.7 Å². The van der Waals surface area contributed by atoms with E-state index in [9.17, 15) is 4.79 Å². The maximum absolute atomic E-state index is 11.8. The predicted molar refractivity (Wildman–Crippen MR) is 116 cm³/mol. The zero-order valence-electron chi connectivity index (χ0n) is 17.5. The normalized spacial score (nSPS) is 11.2. The molecule has 5 rings (SSSR count). The third-order valence-corrected chi connectivity index (χ3v) is 5.14. The van der Waals surface area contributed by atoms with Gasteiger partial charge >= 0.3 is 5.63 Å². The summed E-state index contributed by atoms with van der Waals surface area (Å²) < 4.78 is 22.3. The summed E-state index contributed by atoms with van der Waals surface area (Å²) in [6.07, 6.45) is 0.736. The number of benzene rings is 2. The zero-order chi connectivity index (χ0) is 22.1. The molecule has 0 atom stereocenters. The Morgan fingerprint density at radius 3 is 2.66 bits per heavy atom. The summed E-state index contributed by atoms with van der Waals surface area (Å²) in [6, 6.07) is 16.5. The second-order valence-electron chi connectivity index (χ2n) is 7.22. The van der Waals surface area contributed by atoms with Crippen molar-refractivity contribution < 1.29 is 18.1 Å². The fourth-order valence-corrected chi connectivity index (χ4v) is 3.57. The molecule has 2 aromatic carbocycles. The first kappa shape index (κ1) is 19.7. The molecular formula is C24H19N3O5. The van der Waals surface area contributed by atoms with Crippen LogP contribution in [0.3, 0.4) is 0 Å². The highest BCUT2D eigenvalue weighted by atomic mass is 16.5. The Balaban J connectivity index is 1.38. The first-order valence-electron chi connectivity index (χ1n) is 10.2. The first-order chi connectivity index (χ1) is 15.6. The Morgan fingerprint density at radius 2 is 1.84 bits per heavy atom. The monoisotopic (exact) mass is 429 g/mol. The van der Waals surface area contributed by atoms with Crippen LogP contribution in [-0.2, 0) is 13.0 Å². The minimum absolute atomic E-state index is 0.0568. The zero-order valence-corrected chi connectivity index (χ0v) is 17.5. The molecule has 0 amide bonds. The van der Waals surface area contributed by atoms with Crippen molar-refractivity contribution in [1.29, 1.82) is 0 Å². The van der Waals surface area contributed by atoms with E-state index in [1.54, 1.807) is 13.0 Å². The fourth-order valence-electron chi connectivity index (χ4n) is 3.57. The lowest BCUT2D eigenvalue weighted by molar-refractivity contribution is 0.264. The third-order valence-electron chi connectivity index (χ3n) is 5.14. The van der Waals surface area contributed by atoms with Crippen LogP contribution < -0.4 is 10.4 Å². The van der Waals surface area contributed by atoms with E-state index >= 15 is 0 Å². The third kappa shape index (κ3) is 3.66. The van der Waals surface area contributed by atoms with Gasteiger partial charge in [0.25, 0.3) is 11.8 Å². The summed E-state index contributed by atoms with van der Waals surface area (Å²) in [5.74, 6) is 1.71. The van der Waals surface area contributed by atoms with Gasteiger partial charge in [0.05, 0.1) is 0 Å². The Labute approximate surface area is 182 Å². The van der Waals surface area contributed by atoms with Gasteiger partial charge in [-0.3, -0.25) is 0 Å². The van der Waals surface area contributed by atoms with Gasteiger partial charge in [0.2, 0.25) is 0 Å². The van der Waals surface area contributed by atoms with Crippen LogP contribution >= 0.6 is 0 Å². The molecule has 3 aromatic heterocycles. The molecule has 8 heteroatoms. The summed E-state index contributed by atoms with van der Waals surface area (Å²) in [5, 5.41) is 13.3. The second-order valence-corrected chi connectivity index (χ2v) is 7.22. The molecule has 0 saturated carbocycles. The van der Waals surface area contributed by atoms with Crippen LogP contribution in [0.2, 0.25) is 0 Å². The molecule has 0 radical (unpaired) electrons. The highest BCUT2D eigenvalue weighted by molar-refractivity contribution is 5.81. The summed E-state index contributed by atoms with van der Waals surface area (Å²) >= 11 is 0. The molecule has 0 aliphatic heterocycles. The minimum atomic E-state index is -0.383. The molecule has 0 unspecified atom stereocenters. The Hall–Kier alpha value is -4.20. The number of hydrogen-bond acceptors (Lipinski definition) is 8. The number of rotatable bonds is 6. The molecule has 32 heavy (non-hydrogen) atoms. The van der Waals surface area contributed by atoms with Gasteiger partial charge in [0.15, 0.2) is 6.61 Å². The molecule has 0 bridgehead atoms. The van der Waals surface area contributed by atoms with Crippen molar-refractivity contribution in [3.63, 3.8) is 0 Å². The van der Waals surface area contributed by atoms with Crippen LogP contribution in [-0.4, -0.2) is 15.4 Å². The second kappa shape index (κ2) is 8.14. The van der Waals surface area contributed by atoms with Crippen molar-refractivity contribution in [3.05, 3.63) is 82.2 Å². The van der Waals surface area contributed by atoms with Crippen LogP contribution in [0.25, 0.3) is 33.7 Å². The van der Waals surface area contributed by atoms with Crippen molar-refractivity contribution in [2.24, 2.45) is 0 Å². The lowest BCUT2D eigenvalue weighted by Gasteiger charge is -2.06. The van der Waals surface area contributed by atoms with Crippen molar-refractivity contribution in [2.75, 3.05) is 0 Å². The molecule has 0 saturated heterocycles. The van der Waals surface area contributed by atoms with Crippen LogP contribution in [0.1, 0.15) is 24.1 Å².